The van der Waals surface area contributed by atoms with Crippen molar-refractivity contribution in [1.29, 1.82) is 0 Å². The molecule has 80 valence electrons. The molecule has 1 amide bonds. The summed E-state index contributed by atoms with van der Waals surface area (Å²) in [5.41, 5.74) is 5.28. The van der Waals surface area contributed by atoms with Gasteiger partial charge in [0, 0.05) is 13.1 Å². The minimum Gasteiger partial charge on any atom is -0.480 e. The number of carbonyl (C=O) groups is 2. The second-order valence-electron chi connectivity index (χ2n) is 3.59. The number of carboxylic acid groups (broad SMARTS) is 1. The average molecular weight is 200 g/mol. The Morgan fingerprint density at radius 2 is 1.86 bits per heavy atom. The molecule has 0 aromatic heterocycles. The molecule has 0 saturated carbocycles. The van der Waals surface area contributed by atoms with Gasteiger partial charge in [0.25, 0.3) is 0 Å². The molecule has 1 rings (SSSR count). The molecule has 0 radical (unpaired) electrons. The van der Waals surface area contributed by atoms with E-state index in [1.165, 1.54) is 0 Å². The summed E-state index contributed by atoms with van der Waals surface area (Å²) in [6.07, 6.45) is 3.08. The second kappa shape index (κ2) is 4.95. The Morgan fingerprint density at radius 3 is 2.36 bits per heavy atom. The molecule has 1 aliphatic rings. The molecule has 14 heavy (non-hydrogen) atoms. The zero-order valence-electron chi connectivity index (χ0n) is 8.11. The normalized spacial score (nSPS) is 19.1. The van der Waals surface area contributed by atoms with E-state index in [0.29, 0.717) is 0 Å². The molecule has 0 spiro atoms. The molecule has 5 heteroatoms. The third kappa shape index (κ3) is 2.99. The highest BCUT2D eigenvalue weighted by atomic mass is 16.4. The van der Waals surface area contributed by atoms with Crippen molar-refractivity contribution >= 4 is 11.9 Å². The van der Waals surface area contributed by atoms with Crippen LogP contribution in [0.1, 0.15) is 25.7 Å². The van der Waals surface area contributed by atoms with Crippen molar-refractivity contribution in [1.82, 2.24) is 4.90 Å². The Labute approximate surface area is 82.9 Å². The number of hydrogen-bond acceptors (Lipinski definition) is 3. The molecule has 0 aromatic rings. The van der Waals surface area contributed by atoms with Crippen LogP contribution in [0.5, 0.6) is 0 Å². The van der Waals surface area contributed by atoms with Gasteiger partial charge in [-0.15, -0.1) is 0 Å². The summed E-state index contributed by atoms with van der Waals surface area (Å²) in [6, 6.07) is -1.07. The van der Waals surface area contributed by atoms with Crippen LogP contribution < -0.4 is 5.73 Å². The number of hydrogen-bond donors (Lipinski definition) is 2. The molecular formula is C9H16N2O3. The molecule has 3 N–H and O–H groups in total. The van der Waals surface area contributed by atoms with Gasteiger partial charge in [0.2, 0.25) is 5.91 Å². The number of nitrogens with two attached hydrogens (primary N) is 1. The molecule has 1 aliphatic heterocycles. The third-order valence-corrected chi connectivity index (χ3v) is 2.42. The number of carboxylic acids is 1. The topological polar surface area (TPSA) is 83.6 Å². The largest absolute Gasteiger partial charge is 0.480 e. The predicted octanol–water partition coefficient (Wildman–Crippen LogP) is -0.199. The molecule has 0 aliphatic carbocycles. The van der Waals surface area contributed by atoms with Crippen LogP contribution in [0.2, 0.25) is 0 Å². The van der Waals surface area contributed by atoms with Gasteiger partial charge in [0.05, 0.1) is 6.42 Å². The number of likely N-dealkylation sites (tertiary alicyclic amines) is 1. The minimum atomic E-state index is -1.12. The highest BCUT2D eigenvalue weighted by Gasteiger charge is 2.21. The fourth-order valence-electron chi connectivity index (χ4n) is 1.55. The van der Waals surface area contributed by atoms with Crippen molar-refractivity contribution in [3.63, 3.8) is 0 Å². The van der Waals surface area contributed by atoms with Gasteiger partial charge in [0.1, 0.15) is 6.04 Å². The van der Waals surface area contributed by atoms with Crippen LogP contribution >= 0.6 is 0 Å². The van der Waals surface area contributed by atoms with Gasteiger partial charge < -0.3 is 15.7 Å². The average Bonchev–Trinajstić information content (AvgIpc) is 2.19. The summed E-state index contributed by atoms with van der Waals surface area (Å²) < 4.78 is 0. The van der Waals surface area contributed by atoms with Gasteiger partial charge in [-0.3, -0.25) is 9.59 Å². The van der Waals surface area contributed by atoms with Gasteiger partial charge in [-0.1, -0.05) is 0 Å². The molecule has 1 atom stereocenters. The molecule has 0 bridgehead atoms. The van der Waals surface area contributed by atoms with E-state index >= 15 is 0 Å². The molecule has 1 saturated heterocycles. The molecule has 5 nitrogen and oxygen atoms in total. The van der Waals surface area contributed by atoms with Crippen molar-refractivity contribution in [2.75, 3.05) is 13.1 Å². The minimum absolute atomic E-state index is 0.0880. The van der Waals surface area contributed by atoms with Crippen molar-refractivity contribution in [3.8, 4) is 0 Å². The number of nitrogens with zero attached hydrogens (tertiary/aromatic N) is 1. The smallest absolute Gasteiger partial charge is 0.321 e. The maximum Gasteiger partial charge on any atom is 0.321 e. The van der Waals surface area contributed by atoms with Crippen LogP contribution in [0.4, 0.5) is 0 Å². The lowest BCUT2D eigenvalue weighted by atomic mass is 10.1. The summed E-state index contributed by atoms with van der Waals surface area (Å²) >= 11 is 0. The number of aliphatic carboxylic acids is 1. The lowest BCUT2D eigenvalue weighted by molar-refractivity contribution is -0.142. The maximum absolute atomic E-state index is 11.5. The van der Waals surface area contributed by atoms with E-state index in [1.807, 2.05) is 0 Å². The molecule has 1 heterocycles. The van der Waals surface area contributed by atoms with Crippen molar-refractivity contribution in [2.24, 2.45) is 5.73 Å². The van der Waals surface area contributed by atoms with E-state index < -0.39 is 12.0 Å². The number of rotatable bonds is 3. The molecular weight excluding hydrogens is 184 g/mol. The predicted molar refractivity (Wildman–Crippen MR) is 50.7 cm³/mol. The van der Waals surface area contributed by atoms with Crippen LogP contribution in [-0.4, -0.2) is 41.0 Å². The van der Waals surface area contributed by atoms with E-state index in [1.54, 1.807) is 4.90 Å². The quantitative estimate of drug-likeness (QED) is 0.661. The molecule has 1 fully saturated rings. The van der Waals surface area contributed by atoms with Crippen LogP contribution in [0, 0.1) is 0 Å². The molecule has 0 unspecified atom stereocenters. The Balaban J connectivity index is 2.36. The fraction of sp³-hybridized carbons (Fsp3) is 0.778. The Hall–Kier alpha value is -1.10. The van der Waals surface area contributed by atoms with Gasteiger partial charge in [-0.05, 0) is 19.3 Å². The zero-order valence-corrected chi connectivity index (χ0v) is 8.11. The van der Waals surface area contributed by atoms with Crippen LogP contribution in [0.3, 0.4) is 0 Å². The summed E-state index contributed by atoms with van der Waals surface area (Å²) in [5.74, 6) is -1.25. The molecule has 0 aromatic carbocycles. The van der Waals surface area contributed by atoms with E-state index in [-0.39, 0.29) is 12.3 Å². The fourth-order valence-corrected chi connectivity index (χ4v) is 1.55. The van der Waals surface area contributed by atoms with Gasteiger partial charge in [-0.2, -0.15) is 0 Å². The van der Waals surface area contributed by atoms with Gasteiger partial charge in [-0.25, -0.2) is 0 Å². The Kier molecular flexibility index (Phi) is 3.88. The number of piperidine rings is 1. The van der Waals surface area contributed by atoms with E-state index in [4.69, 9.17) is 10.8 Å². The van der Waals surface area contributed by atoms with E-state index in [2.05, 4.69) is 0 Å². The van der Waals surface area contributed by atoms with Gasteiger partial charge >= 0.3 is 5.97 Å². The highest BCUT2D eigenvalue weighted by Crippen LogP contribution is 2.10. The summed E-state index contributed by atoms with van der Waals surface area (Å²) in [7, 11) is 0. The van der Waals surface area contributed by atoms with Crippen LogP contribution in [0.25, 0.3) is 0 Å². The first-order valence-electron chi connectivity index (χ1n) is 4.87. The number of amides is 1. The van der Waals surface area contributed by atoms with E-state index in [0.717, 1.165) is 32.4 Å². The standard InChI is InChI=1S/C9H16N2O3/c10-7(9(13)14)6-8(12)11-4-2-1-3-5-11/h7H,1-6,10H2,(H,13,14)/t7-/m0/s1. The zero-order chi connectivity index (χ0) is 10.6. The summed E-state index contributed by atoms with van der Waals surface area (Å²) in [5, 5.41) is 8.53. The van der Waals surface area contributed by atoms with Crippen molar-refractivity contribution in [3.05, 3.63) is 0 Å². The van der Waals surface area contributed by atoms with Gasteiger partial charge in [0.15, 0.2) is 0 Å². The Bertz CT molecular complexity index is 224. The second-order valence-corrected chi connectivity index (χ2v) is 3.59. The van der Waals surface area contributed by atoms with E-state index in [9.17, 15) is 9.59 Å². The maximum atomic E-state index is 11.5. The first-order chi connectivity index (χ1) is 6.61. The van der Waals surface area contributed by atoms with Crippen molar-refractivity contribution < 1.29 is 14.7 Å². The lowest BCUT2D eigenvalue weighted by Gasteiger charge is -2.27. The SMILES string of the molecule is N[C@@H](CC(=O)N1CCCCC1)C(=O)O. The van der Waals surface area contributed by atoms with Crippen molar-refractivity contribution in [2.45, 2.75) is 31.7 Å². The first kappa shape index (κ1) is 11.0. The van der Waals surface area contributed by atoms with Crippen LogP contribution in [0.15, 0.2) is 0 Å². The summed E-state index contributed by atoms with van der Waals surface area (Å²) in [6.45, 7) is 1.48. The Morgan fingerprint density at radius 1 is 1.29 bits per heavy atom. The number of carbonyl (C=O) groups excluding carboxylic acids is 1. The lowest BCUT2D eigenvalue weighted by Crippen LogP contribution is -2.41. The highest BCUT2D eigenvalue weighted by molar-refractivity contribution is 5.84. The first-order valence-corrected chi connectivity index (χ1v) is 4.87. The van der Waals surface area contributed by atoms with Crippen LogP contribution in [-0.2, 0) is 9.59 Å². The summed E-state index contributed by atoms with van der Waals surface area (Å²) in [4.78, 5) is 23.6. The monoisotopic (exact) mass is 200 g/mol. The third-order valence-electron chi connectivity index (χ3n) is 2.42.